The van der Waals surface area contributed by atoms with Crippen LogP contribution in [0.3, 0.4) is 0 Å². The Labute approximate surface area is 267 Å². The molecule has 0 amide bonds. The van der Waals surface area contributed by atoms with Crippen LogP contribution in [-0.2, 0) is 24.1 Å². The molecule has 0 atom stereocenters. The number of aromatic nitrogens is 3. The Balaban J connectivity index is 1.76. The Kier molecular flexibility index (Phi) is 7.71. The van der Waals surface area contributed by atoms with Gasteiger partial charge in [0.05, 0.1) is 16.8 Å². The second-order valence-electron chi connectivity index (χ2n) is 11.4. The first-order valence-electron chi connectivity index (χ1n) is 14.4. The second-order valence-corrected chi connectivity index (χ2v) is 13.2. The fourth-order valence-corrected chi connectivity index (χ4v) is 7.08. The van der Waals surface area contributed by atoms with Crippen LogP contribution in [0.1, 0.15) is 16.7 Å². The molecule has 0 fully saturated rings. The fourth-order valence-electron chi connectivity index (χ4n) is 5.57. The molecule has 3 aromatic carbocycles. The van der Waals surface area contributed by atoms with Crippen molar-refractivity contribution in [1.82, 2.24) is 13.1 Å². The molecular formula is C35H28F3N3O5S. The molecule has 0 aliphatic heterocycles. The molecule has 8 nitrogen and oxygen atoms in total. The number of halogens is 3. The van der Waals surface area contributed by atoms with Crippen molar-refractivity contribution < 1.29 is 26.3 Å². The number of benzene rings is 3. The predicted molar refractivity (Wildman–Crippen MR) is 173 cm³/mol. The fraction of sp³-hybridized carbons (Fsp3) is 0.143. The summed E-state index contributed by atoms with van der Waals surface area (Å²) < 4.78 is 82.6. The van der Waals surface area contributed by atoms with Gasteiger partial charge < -0.3 is 13.9 Å². The van der Waals surface area contributed by atoms with Gasteiger partial charge in [0, 0.05) is 54.5 Å². The van der Waals surface area contributed by atoms with Gasteiger partial charge in [-0.1, -0.05) is 35.9 Å². The number of aryl methyl sites for hydroxylation is 5. The zero-order chi connectivity index (χ0) is 33.9. The van der Waals surface area contributed by atoms with Crippen molar-refractivity contribution in [2.45, 2.75) is 25.7 Å². The van der Waals surface area contributed by atoms with Gasteiger partial charge in [0.25, 0.3) is 21.1 Å². The van der Waals surface area contributed by atoms with E-state index in [2.05, 4.69) is 0 Å². The zero-order valence-corrected chi connectivity index (χ0v) is 26.7. The lowest BCUT2D eigenvalue weighted by molar-refractivity contribution is 0.470. The predicted octanol–water partition coefficient (Wildman–Crippen LogP) is 6.74. The summed E-state index contributed by atoms with van der Waals surface area (Å²) in [7, 11) is -1.77. The van der Waals surface area contributed by atoms with E-state index in [1.807, 2.05) is 32.0 Å². The minimum absolute atomic E-state index is 0.0255. The van der Waals surface area contributed by atoms with Crippen LogP contribution in [0.2, 0.25) is 0 Å². The topological polar surface area (TPSA) is 92.3 Å². The molecule has 0 N–H and O–H groups in total. The Hall–Kier alpha value is -5.36. The minimum atomic E-state index is -4.69. The average Bonchev–Trinajstić information content (AvgIpc) is 3.42. The molecule has 240 valence electrons. The third-order valence-electron chi connectivity index (χ3n) is 8.02. The van der Waals surface area contributed by atoms with E-state index in [1.54, 1.807) is 19.1 Å². The Bertz CT molecular complexity index is 2460. The van der Waals surface area contributed by atoms with Crippen molar-refractivity contribution in [2.75, 3.05) is 0 Å². The summed E-state index contributed by atoms with van der Waals surface area (Å²) in [6, 6.07) is 14.7. The van der Waals surface area contributed by atoms with Crippen molar-refractivity contribution in [3.05, 3.63) is 134 Å². The molecule has 0 unspecified atom stereocenters. The quantitative estimate of drug-likeness (QED) is 0.185. The molecule has 0 saturated carbocycles. The van der Waals surface area contributed by atoms with Gasteiger partial charge >= 0.3 is 0 Å². The second kappa shape index (κ2) is 11.5. The number of hydrogen-bond donors (Lipinski definition) is 0. The van der Waals surface area contributed by atoms with Gasteiger partial charge in [-0.2, -0.15) is 0 Å². The highest BCUT2D eigenvalue weighted by Crippen LogP contribution is 2.41. The molecule has 6 aromatic rings. The number of para-hydroxylation sites is 1. The smallest absolute Gasteiger partial charge is 0.275 e. The summed E-state index contributed by atoms with van der Waals surface area (Å²) >= 11 is 0. The highest BCUT2D eigenvalue weighted by Gasteiger charge is 2.30. The van der Waals surface area contributed by atoms with Gasteiger partial charge in [-0.05, 0) is 56.2 Å². The number of ether oxygens (including phenoxy) is 1. The summed E-state index contributed by atoms with van der Waals surface area (Å²) in [4.78, 5) is 26.6. The summed E-state index contributed by atoms with van der Waals surface area (Å²) in [5, 5.41) is -0.0255. The highest BCUT2D eigenvalue weighted by molar-refractivity contribution is 7.90. The number of rotatable bonds is 6. The van der Waals surface area contributed by atoms with Crippen molar-refractivity contribution >= 4 is 20.9 Å². The summed E-state index contributed by atoms with van der Waals surface area (Å²) in [5.74, 6) is -3.50. The van der Waals surface area contributed by atoms with Crippen molar-refractivity contribution in [1.29, 1.82) is 0 Å². The standard InChI is InChI=1S/C35H28F3N3O5S/c1-19-9-11-23(12-10-19)47(44,45)41-29(26-13-22(36)14-28(37)32(26)38)15-25-27(17-40(5)35(43)33(25)41)24-16-31(42)39(4)18-30(24)46-34-20(2)7-6-8-21(34)3/h6-18H,1-5H3. The van der Waals surface area contributed by atoms with E-state index >= 15 is 4.39 Å². The van der Waals surface area contributed by atoms with E-state index in [0.29, 0.717) is 21.9 Å². The van der Waals surface area contributed by atoms with Crippen molar-refractivity contribution in [3.63, 3.8) is 0 Å². The molecule has 0 spiro atoms. The molecular weight excluding hydrogens is 631 g/mol. The normalized spacial score (nSPS) is 11.7. The molecule has 0 saturated heterocycles. The Morgan fingerprint density at radius 3 is 2.06 bits per heavy atom. The van der Waals surface area contributed by atoms with Crippen LogP contribution < -0.4 is 15.9 Å². The van der Waals surface area contributed by atoms with Gasteiger partial charge in [0.1, 0.15) is 17.1 Å². The molecule has 3 heterocycles. The van der Waals surface area contributed by atoms with E-state index < -0.39 is 55.4 Å². The van der Waals surface area contributed by atoms with E-state index in [0.717, 1.165) is 21.3 Å². The summed E-state index contributed by atoms with van der Waals surface area (Å²) in [5.41, 5.74) is -0.168. The van der Waals surface area contributed by atoms with Crippen LogP contribution in [-0.4, -0.2) is 21.5 Å². The number of pyridine rings is 2. The van der Waals surface area contributed by atoms with E-state index in [1.165, 1.54) is 55.3 Å². The largest absolute Gasteiger partial charge is 0.455 e. The van der Waals surface area contributed by atoms with Gasteiger partial charge in [-0.15, -0.1) is 0 Å². The van der Waals surface area contributed by atoms with Gasteiger partial charge in [0.2, 0.25) is 0 Å². The Morgan fingerprint density at radius 2 is 1.40 bits per heavy atom. The first-order valence-corrected chi connectivity index (χ1v) is 15.8. The van der Waals surface area contributed by atoms with Crippen LogP contribution in [0.5, 0.6) is 11.5 Å². The molecule has 0 radical (unpaired) electrons. The van der Waals surface area contributed by atoms with Gasteiger partial charge in [-0.3, -0.25) is 9.59 Å². The van der Waals surface area contributed by atoms with Crippen LogP contribution >= 0.6 is 0 Å². The van der Waals surface area contributed by atoms with E-state index in [-0.39, 0.29) is 27.2 Å². The summed E-state index contributed by atoms with van der Waals surface area (Å²) in [6.07, 6.45) is 2.86. The van der Waals surface area contributed by atoms with Crippen LogP contribution in [0.4, 0.5) is 13.2 Å². The molecule has 0 aliphatic carbocycles. The zero-order valence-electron chi connectivity index (χ0n) is 25.9. The van der Waals surface area contributed by atoms with Crippen LogP contribution in [0.25, 0.3) is 33.3 Å². The third kappa shape index (κ3) is 5.34. The van der Waals surface area contributed by atoms with Crippen molar-refractivity contribution in [3.8, 4) is 33.9 Å². The SMILES string of the molecule is Cc1ccc(S(=O)(=O)n2c(-c3cc(F)cc(F)c3F)cc3c(-c4cc(=O)n(C)cc4Oc4c(C)cccc4C)cn(C)c(=O)c32)cc1. The molecule has 0 aliphatic rings. The number of fused-ring (bicyclic) bond motifs is 1. The van der Waals surface area contributed by atoms with Crippen LogP contribution in [0.15, 0.2) is 93.6 Å². The number of hydrogen-bond acceptors (Lipinski definition) is 5. The maximum absolute atomic E-state index is 15.4. The molecule has 12 heteroatoms. The van der Waals surface area contributed by atoms with Gasteiger partial charge in [0.15, 0.2) is 17.4 Å². The molecule has 6 rings (SSSR count). The van der Waals surface area contributed by atoms with Crippen molar-refractivity contribution in [2.24, 2.45) is 14.1 Å². The van der Waals surface area contributed by atoms with E-state index in [4.69, 9.17) is 4.74 Å². The maximum atomic E-state index is 15.4. The lowest BCUT2D eigenvalue weighted by Crippen LogP contribution is -2.23. The third-order valence-corrected chi connectivity index (χ3v) is 9.75. The van der Waals surface area contributed by atoms with Crippen LogP contribution in [0, 0.1) is 38.2 Å². The lowest BCUT2D eigenvalue weighted by Gasteiger charge is -2.17. The Morgan fingerprint density at radius 1 is 0.745 bits per heavy atom. The van der Waals surface area contributed by atoms with E-state index in [9.17, 15) is 26.8 Å². The first-order chi connectivity index (χ1) is 22.2. The minimum Gasteiger partial charge on any atom is -0.455 e. The monoisotopic (exact) mass is 659 g/mol. The first kappa shape index (κ1) is 31.6. The molecule has 47 heavy (non-hydrogen) atoms. The van der Waals surface area contributed by atoms with Gasteiger partial charge in [-0.25, -0.2) is 25.6 Å². The molecule has 0 bridgehead atoms. The lowest BCUT2D eigenvalue weighted by atomic mass is 10.0. The highest BCUT2D eigenvalue weighted by atomic mass is 32.2. The summed E-state index contributed by atoms with van der Waals surface area (Å²) in [6.45, 7) is 5.45. The molecule has 3 aromatic heterocycles. The maximum Gasteiger partial charge on any atom is 0.275 e. The number of nitrogens with zero attached hydrogens (tertiary/aromatic N) is 3. The average molecular weight is 660 g/mol.